The van der Waals surface area contributed by atoms with Gasteiger partial charge in [0.25, 0.3) is 11.8 Å². The van der Waals surface area contributed by atoms with Crippen LogP contribution in [0.5, 0.6) is 0 Å². The molecule has 1 aromatic carbocycles. The van der Waals surface area contributed by atoms with Gasteiger partial charge in [-0.2, -0.15) is 0 Å². The summed E-state index contributed by atoms with van der Waals surface area (Å²) in [5.41, 5.74) is 1.33. The van der Waals surface area contributed by atoms with Crippen LogP contribution < -0.4 is 0 Å². The zero-order valence-electron chi connectivity index (χ0n) is 10.9. The molecule has 0 aliphatic carbocycles. The number of hydrogen-bond acceptors (Lipinski definition) is 1. The number of carbonyl (C=O) groups excluding carboxylic acids is 1. The number of alkyl halides is 2. The van der Waals surface area contributed by atoms with E-state index in [2.05, 4.69) is 15.9 Å². The van der Waals surface area contributed by atoms with E-state index in [9.17, 15) is 13.6 Å². The molecule has 0 atom stereocenters. The third-order valence-corrected chi connectivity index (χ3v) is 4.32. The zero-order chi connectivity index (χ0) is 14.5. The maximum atomic E-state index is 13.2. The van der Waals surface area contributed by atoms with Crippen LogP contribution in [0.25, 0.3) is 10.9 Å². The SMILES string of the molecule is Cn1c(C(=O)N2CCC(F)(F)C2)cc2cccc(Br)c21. The third-order valence-electron chi connectivity index (χ3n) is 3.68. The molecule has 20 heavy (non-hydrogen) atoms. The first kappa shape index (κ1) is 13.5. The van der Waals surface area contributed by atoms with E-state index >= 15 is 0 Å². The van der Waals surface area contributed by atoms with Crippen LogP contribution in [0.4, 0.5) is 8.78 Å². The number of likely N-dealkylation sites (tertiary alicyclic amines) is 1. The molecule has 106 valence electrons. The van der Waals surface area contributed by atoms with Gasteiger partial charge in [0.05, 0.1) is 12.1 Å². The number of halogens is 3. The Bertz CT molecular complexity index is 696. The van der Waals surface area contributed by atoms with Crippen molar-refractivity contribution in [2.45, 2.75) is 12.3 Å². The molecule has 2 aromatic rings. The third kappa shape index (κ3) is 2.12. The molecule has 6 heteroatoms. The molecule has 0 N–H and O–H groups in total. The van der Waals surface area contributed by atoms with E-state index < -0.39 is 12.5 Å². The van der Waals surface area contributed by atoms with E-state index in [0.29, 0.717) is 5.69 Å². The molecule has 1 amide bonds. The second kappa shape index (κ2) is 4.55. The maximum absolute atomic E-state index is 13.2. The topological polar surface area (TPSA) is 25.2 Å². The van der Waals surface area contributed by atoms with Crippen molar-refractivity contribution in [2.75, 3.05) is 13.1 Å². The first-order chi connectivity index (χ1) is 9.39. The first-order valence-electron chi connectivity index (χ1n) is 6.30. The summed E-state index contributed by atoms with van der Waals surface area (Å²) in [6, 6.07) is 7.42. The Kier molecular flexibility index (Phi) is 3.08. The number of aromatic nitrogens is 1. The van der Waals surface area contributed by atoms with Gasteiger partial charge in [0.1, 0.15) is 5.69 Å². The lowest BCUT2D eigenvalue weighted by atomic mass is 10.2. The van der Waals surface area contributed by atoms with Crippen molar-refractivity contribution < 1.29 is 13.6 Å². The van der Waals surface area contributed by atoms with Crippen LogP contribution in [0.1, 0.15) is 16.9 Å². The van der Waals surface area contributed by atoms with Crippen molar-refractivity contribution in [3.8, 4) is 0 Å². The Morgan fingerprint density at radius 3 is 2.75 bits per heavy atom. The summed E-state index contributed by atoms with van der Waals surface area (Å²) < 4.78 is 29.1. The van der Waals surface area contributed by atoms with Crippen LogP contribution in [0.3, 0.4) is 0 Å². The van der Waals surface area contributed by atoms with Gasteiger partial charge in [-0.3, -0.25) is 4.79 Å². The van der Waals surface area contributed by atoms with E-state index in [4.69, 9.17) is 0 Å². The quantitative estimate of drug-likeness (QED) is 0.779. The van der Waals surface area contributed by atoms with Crippen molar-refractivity contribution in [2.24, 2.45) is 7.05 Å². The van der Waals surface area contributed by atoms with E-state index in [1.165, 1.54) is 4.90 Å². The number of fused-ring (bicyclic) bond motifs is 1. The predicted octanol–water partition coefficient (Wildman–Crippen LogP) is 3.42. The Morgan fingerprint density at radius 1 is 1.40 bits per heavy atom. The highest BCUT2D eigenvalue weighted by molar-refractivity contribution is 9.10. The van der Waals surface area contributed by atoms with E-state index in [0.717, 1.165) is 15.4 Å². The second-order valence-corrected chi connectivity index (χ2v) is 5.95. The van der Waals surface area contributed by atoms with Gasteiger partial charge in [0.15, 0.2) is 0 Å². The summed E-state index contributed by atoms with van der Waals surface area (Å²) in [4.78, 5) is 13.6. The minimum Gasteiger partial charge on any atom is -0.339 e. The molecule has 3 nitrogen and oxygen atoms in total. The summed E-state index contributed by atoms with van der Waals surface area (Å²) in [5.74, 6) is -3.10. The highest BCUT2D eigenvalue weighted by Gasteiger charge is 2.41. The zero-order valence-corrected chi connectivity index (χ0v) is 12.5. The molecule has 1 aliphatic rings. The molecule has 0 radical (unpaired) electrons. The normalized spacial score (nSPS) is 17.9. The molecule has 0 spiro atoms. The molecule has 0 bridgehead atoms. The van der Waals surface area contributed by atoms with Crippen LogP contribution in [-0.4, -0.2) is 34.4 Å². The summed E-state index contributed by atoms with van der Waals surface area (Å²) in [5, 5.41) is 0.913. The van der Waals surface area contributed by atoms with Crippen molar-refractivity contribution in [1.29, 1.82) is 0 Å². The number of para-hydroxylation sites is 1. The number of hydrogen-bond donors (Lipinski definition) is 0. The van der Waals surface area contributed by atoms with E-state index in [1.54, 1.807) is 17.7 Å². The number of carbonyl (C=O) groups is 1. The van der Waals surface area contributed by atoms with Crippen molar-refractivity contribution in [3.05, 3.63) is 34.4 Å². The fourth-order valence-corrected chi connectivity index (χ4v) is 3.29. The van der Waals surface area contributed by atoms with Gasteiger partial charge >= 0.3 is 0 Å². The Morgan fingerprint density at radius 2 is 2.15 bits per heavy atom. The van der Waals surface area contributed by atoms with Gasteiger partial charge in [-0.25, -0.2) is 8.78 Å². The molecular formula is C14H13BrF2N2O. The van der Waals surface area contributed by atoms with Crippen molar-refractivity contribution in [1.82, 2.24) is 9.47 Å². The van der Waals surface area contributed by atoms with Gasteiger partial charge in [-0.1, -0.05) is 12.1 Å². The van der Waals surface area contributed by atoms with Gasteiger partial charge in [-0.05, 0) is 28.1 Å². The molecule has 1 aliphatic heterocycles. The number of nitrogens with zero attached hydrogens (tertiary/aromatic N) is 2. The van der Waals surface area contributed by atoms with Gasteiger partial charge in [0, 0.05) is 29.9 Å². The van der Waals surface area contributed by atoms with E-state index in [1.807, 2.05) is 18.2 Å². The average molecular weight is 343 g/mol. The Hall–Kier alpha value is -1.43. The molecule has 0 saturated carbocycles. The molecule has 1 aromatic heterocycles. The summed E-state index contributed by atoms with van der Waals surface area (Å²) >= 11 is 3.45. The maximum Gasteiger partial charge on any atom is 0.270 e. The van der Waals surface area contributed by atoms with Gasteiger partial charge < -0.3 is 9.47 Å². The molecular weight excluding hydrogens is 330 g/mol. The van der Waals surface area contributed by atoms with Crippen LogP contribution in [0.2, 0.25) is 0 Å². The molecule has 3 rings (SSSR count). The van der Waals surface area contributed by atoms with Gasteiger partial charge in [-0.15, -0.1) is 0 Å². The minimum atomic E-state index is -2.76. The molecule has 1 fully saturated rings. The first-order valence-corrected chi connectivity index (χ1v) is 7.09. The highest BCUT2D eigenvalue weighted by Crippen LogP contribution is 2.30. The number of aryl methyl sites for hydroxylation is 1. The Balaban J connectivity index is 2.01. The largest absolute Gasteiger partial charge is 0.339 e. The lowest BCUT2D eigenvalue weighted by Gasteiger charge is -2.16. The highest BCUT2D eigenvalue weighted by atomic mass is 79.9. The van der Waals surface area contributed by atoms with Crippen LogP contribution in [-0.2, 0) is 7.05 Å². The van der Waals surface area contributed by atoms with Gasteiger partial charge in [0.2, 0.25) is 0 Å². The fourth-order valence-electron chi connectivity index (χ4n) is 2.64. The van der Waals surface area contributed by atoms with Crippen molar-refractivity contribution >= 4 is 32.7 Å². The summed E-state index contributed by atoms with van der Waals surface area (Å²) in [7, 11) is 1.77. The molecule has 1 saturated heterocycles. The Labute approximate surface area is 123 Å². The number of benzene rings is 1. The molecule has 0 unspecified atom stereocenters. The standard InChI is InChI=1S/C14H13BrF2N2O/c1-18-11(7-9-3-2-4-10(15)12(9)18)13(20)19-6-5-14(16,17)8-19/h2-4,7H,5-6,8H2,1H3. The van der Waals surface area contributed by atoms with Crippen LogP contribution in [0.15, 0.2) is 28.7 Å². The minimum absolute atomic E-state index is 0.106. The van der Waals surface area contributed by atoms with Crippen LogP contribution in [0, 0.1) is 0 Å². The lowest BCUT2D eigenvalue weighted by Crippen LogP contribution is -2.32. The predicted molar refractivity (Wildman–Crippen MR) is 76.1 cm³/mol. The lowest BCUT2D eigenvalue weighted by molar-refractivity contribution is 0.0119. The summed E-state index contributed by atoms with van der Waals surface area (Å²) in [6.45, 7) is -0.386. The average Bonchev–Trinajstić information content (AvgIpc) is 2.90. The number of rotatable bonds is 1. The van der Waals surface area contributed by atoms with Crippen molar-refractivity contribution in [3.63, 3.8) is 0 Å². The second-order valence-electron chi connectivity index (χ2n) is 5.10. The molecule has 2 heterocycles. The number of amides is 1. The monoisotopic (exact) mass is 342 g/mol. The fraction of sp³-hybridized carbons (Fsp3) is 0.357. The smallest absolute Gasteiger partial charge is 0.270 e. The van der Waals surface area contributed by atoms with E-state index in [-0.39, 0.29) is 18.9 Å². The summed E-state index contributed by atoms with van der Waals surface area (Å²) in [6.07, 6.45) is -0.258. The van der Waals surface area contributed by atoms with Crippen LogP contribution >= 0.6 is 15.9 Å².